The molecule has 1 aromatic heterocycles. The normalized spacial score (nSPS) is 19.5. The number of aromatic nitrogens is 2. The molecule has 0 amide bonds. The lowest BCUT2D eigenvalue weighted by Crippen LogP contribution is -2.32. The van der Waals surface area contributed by atoms with E-state index in [-0.39, 0.29) is 5.69 Å². The summed E-state index contributed by atoms with van der Waals surface area (Å²) in [6.07, 6.45) is 1.26. The van der Waals surface area contributed by atoms with Gasteiger partial charge in [-0.15, -0.1) is 0 Å². The van der Waals surface area contributed by atoms with Gasteiger partial charge in [0.2, 0.25) is 0 Å². The summed E-state index contributed by atoms with van der Waals surface area (Å²) in [4.78, 5) is 32.9. The average molecular weight is 356 g/mol. The van der Waals surface area contributed by atoms with E-state index < -0.39 is 16.3 Å². The quantitative estimate of drug-likeness (QED) is 0.648. The Hall–Kier alpha value is -3.03. The minimum Gasteiger partial charge on any atom is -0.481 e. The summed E-state index contributed by atoms with van der Waals surface area (Å²) in [6, 6.07) is 7.98. The first kappa shape index (κ1) is 17.8. The van der Waals surface area contributed by atoms with Crippen molar-refractivity contribution in [1.82, 2.24) is 9.97 Å². The molecule has 0 bridgehead atoms. The highest BCUT2D eigenvalue weighted by molar-refractivity contribution is 5.76. The lowest BCUT2D eigenvalue weighted by molar-refractivity contribution is -0.384. The maximum atomic E-state index is 11.5. The van der Waals surface area contributed by atoms with E-state index >= 15 is 0 Å². The van der Waals surface area contributed by atoms with Gasteiger partial charge in [0.25, 0.3) is 5.69 Å². The molecule has 0 saturated carbocycles. The molecule has 8 heteroatoms. The largest absolute Gasteiger partial charge is 0.481 e. The maximum absolute atomic E-state index is 11.5. The molecular formula is C18H20N4O4. The molecule has 3 rings (SSSR count). The number of benzene rings is 1. The highest BCUT2D eigenvalue weighted by Crippen LogP contribution is 2.33. The van der Waals surface area contributed by atoms with Crippen LogP contribution in [0.2, 0.25) is 0 Å². The third kappa shape index (κ3) is 3.35. The Morgan fingerprint density at radius 2 is 2.04 bits per heavy atom. The van der Waals surface area contributed by atoms with Crippen molar-refractivity contribution in [2.75, 3.05) is 18.0 Å². The highest BCUT2D eigenvalue weighted by atomic mass is 16.6. The highest BCUT2D eigenvalue weighted by Gasteiger charge is 2.41. The lowest BCUT2D eigenvalue weighted by Gasteiger charge is -2.21. The van der Waals surface area contributed by atoms with E-state index in [2.05, 4.69) is 9.97 Å². The van der Waals surface area contributed by atoms with Crippen LogP contribution in [0.5, 0.6) is 0 Å². The molecule has 0 aliphatic carbocycles. The Morgan fingerprint density at radius 1 is 1.35 bits per heavy atom. The fourth-order valence-electron chi connectivity index (χ4n) is 3.02. The molecule has 8 nitrogen and oxygen atoms in total. The van der Waals surface area contributed by atoms with Crippen LogP contribution in [0.4, 0.5) is 11.5 Å². The number of nitro benzene ring substituents is 1. The number of rotatable bonds is 5. The number of hydrogen-bond donors (Lipinski definition) is 1. The summed E-state index contributed by atoms with van der Waals surface area (Å²) >= 11 is 0. The second-order valence-electron chi connectivity index (χ2n) is 6.74. The number of hydrogen-bond acceptors (Lipinski definition) is 6. The number of aryl methyl sites for hydroxylation is 1. The summed E-state index contributed by atoms with van der Waals surface area (Å²) in [6.45, 7) is 4.73. The number of carboxylic acid groups (broad SMARTS) is 1. The van der Waals surface area contributed by atoms with Crippen molar-refractivity contribution in [2.24, 2.45) is 5.41 Å². The number of nitro groups is 1. The second-order valence-corrected chi connectivity index (χ2v) is 6.74. The smallest absolute Gasteiger partial charge is 0.311 e. The van der Waals surface area contributed by atoms with Crippen LogP contribution in [0.1, 0.15) is 26.0 Å². The Morgan fingerprint density at radius 3 is 2.58 bits per heavy atom. The van der Waals surface area contributed by atoms with Crippen LogP contribution in [0.3, 0.4) is 0 Å². The second kappa shape index (κ2) is 6.70. The van der Waals surface area contributed by atoms with Gasteiger partial charge >= 0.3 is 5.97 Å². The molecule has 0 spiro atoms. The fraction of sp³-hybridized carbons (Fsp3) is 0.389. The predicted molar refractivity (Wildman–Crippen MR) is 96.1 cm³/mol. The van der Waals surface area contributed by atoms with Crippen LogP contribution < -0.4 is 4.90 Å². The standard InChI is InChI=1S/C18H20N4O4/c1-3-13-10-15(21-9-8-18(2,11-21)17(23)24)20-16(19-13)12-4-6-14(7-5-12)22(25)26/h4-7,10H,3,8-9,11H2,1-2H3,(H,23,24). The average Bonchev–Trinajstić information content (AvgIpc) is 3.05. The van der Waals surface area contributed by atoms with E-state index in [1.54, 1.807) is 19.1 Å². The summed E-state index contributed by atoms with van der Waals surface area (Å²) < 4.78 is 0. The number of carbonyl (C=O) groups is 1. The van der Waals surface area contributed by atoms with Crippen molar-refractivity contribution in [1.29, 1.82) is 0 Å². The zero-order chi connectivity index (χ0) is 18.9. The van der Waals surface area contributed by atoms with E-state index in [0.717, 1.165) is 5.69 Å². The number of aliphatic carboxylic acids is 1. The van der Waals surface area contributed by atoms with Crippen molar-refractivity contribution in [3.05, 3.63) is 46.1 Å². The van der Waals surface area contributed by atoms with Crippen molar-refractivity contribution >= 4 is 17.5 Å². The Bertz CT molecular complexity index is 853. The number of nitrogens with zero attached hydrogens (tertiary/aromatic N) is 4. The third-order valence-corrected chi connectivity index (χ3v) is 4.78. The Kier molecular flexibility index (Phi) is 4.58. The molecule has 1 saturated heterocycles. The summed E-state index contributed by atoms with van der Waals surface area (Å²) in [5, 5.41) is 20.2. The van der Waals surface area contributed by atoms with Crippen LogP contribution >= 0.6 is 0 Å². The van der Waals surface area contributed by atoms with Crippen molar-refractivity contribution in [3.8, 4) is 11.4 Å². The lowest BCUT2D eigenvalue weighted by atomic mass is 9.90. The monoisotopic (exact) mass is 356 g/mol. The van der Waals surface area contributed by atoms with Gasteiger partial charge in [0.1, 0.15) is 5.82 Å². The minimum absolute atomic E-state index is 0.0115. The first-order valence-corrected chi connectivity index (χ1v) is 8.43. The molecule has 1 aliphatic rings. The van der Waals surface area contributed by atoms with Crippen molar-refractivity contribution in [2.45, 2.75) is 26.7 Å². The van der Waals surface area contributed by atoms with E-state index in [1.807, 2.05) is 17.9 Å². The Balaban J connectivity index is 1.95. The summed E-state index contributed by atoms with van der Waals surface area (Å²) in [7, 11) is 0. The third-order valence-electron chi connectivity index (χ3n) is 4.78. The zero-order valence-corrected chi connectivity index (χ0v) is 14.7. The predicted octanol–water partition coefficient (Wildman–Crippen LogP) is 2.92. The Labute approximate surface area is 150 Å². The topological polar surface area (TPSA) is 109 Å². The molecule has 1 unspecified atom stereocenters. The van der Waals surface area contributed by atoms with E-state index in [4.69, 9.17) is 0 Å². The molecule has 1 aromatic carbocycles. The number of non-ortho nitro benzene ring substituents is 1. The van der Waals surface area contributed by atoms with E-state index in [1.165, 1.54) is 12.1 Å². The van der Waals surface area contributed by atoms with Gasteiger partial charge in [-0.3, -0.25) is 14.9 Å². The van der Waals surface area contributed by atoms with Crippen molar-refractivity contribution in [3.63, 3.8) is 0 Å². The van der Waals surface area contributed by atoms with Crippen LogP contribution in [-0.2, 0) is 11.2 Å². The number of anilines is 1. The van der Waals surface area contributed by atoms with Crippen LogP contribution in [0.15, 0.2) is 30.3 Å². The van der Waals surface area contributed by atoms with Gasteiger partial charge in [0.15, 0.2) is 5.82 Å². The van der Waals surface area contributed by atoms with E-state index in [0.29, 0.717) is 43.1 Å². The van der Waals surface area contributed by atoms with Gasteiger partial charge in [0, 0.05) is 42.5 Å². The van der Waals surface area contributed by atoms with Crippen LogP contribution in [0.25, 0.3) is 11.4 Å². The zero-order valence-electron chi connectivity index (χ0n) is 14.7. The molecule has 136 valence electrons. The van der Waals surface area contributed by atoms with Gasteiger partial charge in [-0.05, 0) is 31.9 Å². The maximum Gasteiger partial charge on any atom is 0.311 e. The van der Waals surface area contributed by atoms with Gasteiger partial charge in [-0.2, -0.15) is 0 Å². The summed E-state index contributed by atoms with van der Waals surface area (Å²) in [5.41, 5.74) is 0.752. The molecule has 26 heavy (non-hydrogen) atoms. The van der Waals surface area contributed by atoms with Gasteiger partial charge < -0.3 is 10.0 Å². The van der Waals surface area contributed by atoms with Gasteiger partial charge in [0.05, 0.1) is 10.3 Å². The first-order valence-electron chi connectivity index (χ1n) is 8.43. The molecule has 2 heterocycles. The van der Waals surface area contributed by atoms with Crippen LogP contribution in [-0.4, -0.2) is 39.1 Å². The SMILES string of the molecule is CCc1cc(N2CCC(C)(C(=O)O)C2)nc(-c2ccc([N+](=O)[O-])cc2)n1. The molecule has 1 atom stereocenters. The molecule has 1 fully saturated rings. The van der Waals surface area contributed by atoms with E-state index in [9.17, 15) is 20.0 Å². The van der Waals surface area contributed by atoms with Gasteiger partial charge in [-0.1, -0.05) is 6.92 Å². The van der Waals surface area contributed by atoms with Crippen molar-refractivity contribution < 1.29 is 14.8 Å². The molecule has 1 N–H and O–H groups in total. The fourth-order valence-corrected chi connectivity index (χ4v) is 3.02. The molecule has 2 aromatic rings. The molecule has 1 aliphatic heterocycles. The summed E-state index contributed by atoms with van der Waals surface area (Å²) in [5.74, 6) is 0.369. The van der Waals surface area contributed by atoms with Crippen LogP contribution in [0, 0.1) is 15.5 Å². The molecule has 0 radical (unpaired) electrons. The number of carboxylic acids is 1. The van der Waals surface area contributed by atoms with Gasteiger partial charge in [-0.25, -0.2) is 9.97 Å². The minimum atomic E-state index is -0.805. The first-order chi connectivity index (χ1) is 12.3. The molecular weight excluding hydrogens is 336 g/mol.